The second kappa shape index (κ2) is 4.94. The highest BCUT2D eigenvalue weighted by Gasteiger charge is 2.31. The first-order chi connectivity index (χ1) is 8.65. The lowest BCUT2D eigenvalue weighted by atomic mass is 10.2. The predicted molar refractivity (Wildman–Crippen MR) is 84.5 cm³/mol. The van der Waals surface area contributed by atoms with Crippen molar-refractivity contribution in [3.63, 3.8) is 0 Å². The number of carbonyl (C=O) groups is 1. The summed E-state index contributed by atoms with van der Waals surface area (Å²) in [6, 6.07) is 9.87. The number of hydrogen-bond donors (Lipinski definition) is 0. The molecule has 0 spiro atoms. The van der Waals surface area contributed by atoms with Gasteiger partial charge in [-0.05, 0) is 65.8 Å². The highest BCUT2D eigenvalue weighted by molar-refractivity contribution is 14.1. The quantitative estimate of drug-likeness (QED) is 0.517. The van der Waals surface area contributed by atoms with Gasteiger partial charge in [0.25, 0.3) is 0 Å². The summed E-state index contributed by atoms with van der Waals surface area (Å²) < 4.78 is 1.15. The third-order valence-electron chi connectivity index (χ3n) is 2.99. The molecule has 3 rings (SSSR count). The summed E-state index contributed by atoms with van der Waals surface area (Å²) in [5, 5.41) is 0.739. The summed E-state index contributed by atoms with van der Waals surface area (Å²) in [6.45, 7) is 0. The third-order valence-corrected chi connectivity index (χ3v) is 5.12. The minimum absolute atomic E-state index is 0.280. The lowest BCUT2D eigenvalue weighted by Crippen LogP contribution is -1.96. The molecule has 1 aromatic heterocycles. The molecular formula is C14H10ClIOS. The van der Waals surface area contributed by atoms with Crippen LogP contribution in [0.15, 0.2) is 30.3 Å². The topological polar surface area (TPSA) is 17.1 Å². The Morgan fingerprint density at radius 1 is 1.28 bits per heavy atom. The van der Waals surface area contributed by atoms with Crippen molar-refractivity contribution < 1.29 is 4.79 Å². The van der Waals surface area contributed by atoms with Crippen LogP contribution in [0.4, 0.5) is 0 Å². The molecule has 1 aromatic carbocycles. The molecule has 92 valence electrons. The van der Waals surface area contributed by atoms with Crippen molar-refractivity contribution in [2.24, 2.45) is 5.92 Å². The molecule has 1 saturated carbocycles. The fraction of sp³-hybridized carbons (Fsp3) is 0.214. The Balaban J connectivity index is 1.97. The van der Waals surface area contributed by atoms with Crippen molar-refractivity contribution in [1.82, 2.24) is 0 Å². The van der Waals surface area contributed by atoms with E-state index in [0.717, 1.165) is 36.8 Å². The summed E-state index contributed by atoms with van der Waals surface area (Å²) in [7, 11) is 0. The maximum absolute atomic E-state index is 12.0. The van der Waals surface area contributed by atoms with Crippen LogP contribution in [0.5, 0.6) is 0 Å². The van der Waals surface area contributed by atoms with Crippen molar-refractivity contribution in [2.75, 3.05) is 0 Å². The van der Waals surface area contributed by atoms with E-state index in [4.69, 9.17) is 11.6 Å². The van der Waals surface area contributed by atoms with E-state index in [1.54, 1.807) is 11.3 Å². The van der Waals surface area contributed by atoms with E-state index >= 15 is 0 Å². The summed E-state index contributed by atoms with van der Waals surface area (Å²) >= 11 is 10.0. The maximum Gasteiger partial charge on any atom is 0.175 e. The van der Waals surface area contributed by atoms with Crippen LogP contribution in [-0.4, -0.2) is 5.78 Å². The standard InChI is InChI=1S/C14H10ClIOS/c15-11-4-3-9(16)7-10(11)12-5-6-13(18-12)14(17)8-1-2-8/h3-8H,1-2H2. The molecular weight excluding hydrogens is 379 g/mol. The molecule has 1 aliphatic carbocycles. The highest BCUT2D eigenvalue weighted by Crippen LogP contribution is 2.38. The van der Waals surface area contributed by atoms with Gasteiger partial charge in [-0.1, -0.05) is 11.6 Å². The third kappa shape index (κ3) is 2.49. The van der Waals surface area contributed by atoms with Gasteiger partial charge in [-0.3, -0.25) is 4.79 Å². The number of thiophene rings is 1. The van der Waals surface area contributed by atoms with E-state index in [9.17, 15) is 4.79 Å². The van der Waals surface area contributed by atoms with Crippen LogP contribution in [0, 0.1) is 9.49 Å². The molecule has 1 heterocycles. The minimum atomic E-state index is 0.280. The predicted octanol–water partition coefficient (Wildman–Crippen LogP) is 5.27. The number of ketones is 1. The van der Waals surface area contributed by atoms with Crippen LogP contribution in [-0.2, 0) is 0 Å². The number of hydrogen-bond acceptors (Lipinski definition) is 2. The Labute approximate surface area is 128 Å². The van der Waals surface area contributed by atoms with Crippen LogP contribution in [0.1, 0.15) is 22.5 Å². The Bertz CT molecular complexity index is 616. The van der Waals surface area contributed by atoms with Gasteiger partial charge in [0.2, 0.25) is 0 Å². The van der Waals surface area contributed by atoms with Crippen molar-refractivity contribution >= 4 is 51.3 Å². The first-order valence-corrected chi connectivity index (χ1v) is 8.02. The number of halogens is 2. The van der Waals surface area contributed by atoms with E-state index in [0.29, 0.717) is 5.78 Å². The van der Waals surface area contributed by atoms with Crippen molar-refractivity contribution in [1.29, 1.82) is 0 Å². The Morgan fingerprint density at radius 2 is 2.06 bits per heavy atom. The molecule has 0 unspecified atom stereocenters. The van der Waals surface area contributed by atoms with Crippen LogP contribution < -0.4 is 0 Å². The SMILES string of the molecule is O=C(c1ccc(-c2cc(I)ccc2Cl)s1)C1CC1. The molecule has 1 fully saturated rings. The lowest BCUT2D eigenvalue weighted by Gasteiger charge is -2.01. The molecule has 1 nitrogen and oxygen atoms in total. The fourth-order valence-corrected chi connectivity index (χ4v) is 3.67. The first kappa shape index (κ1) is 12.6. The first-order valence-electron chi connectivity index (χ1n) is 5.74. The summed E-state index contributed by atoms with van der Waals surface area (Å²) in [5.74, 6) is 0.580. The average Bonchev–Trinajstić information content (AvgIpc) is 3.09. The van der Waals surface area contributed by atoms with Crippen molar-refractivity contribution in [2.45, 2.75) is 12.8 Å². The van der Waals surface area contributed by atoms with Crippen LogP contribution >= 0.6 is 45.5 Å². The Morgan fingerprint density at radius 3 is 2.78 bits per heavy atom. The highest BCUT2D eigenvalue weighted by atomic mass is 127. The van der Waals surface area contributed by atoms with E-state index in [1.165, 1.54) is 0 Å². The van der Waals surface area contributed by atoms with Gasteiger partial charge in [0.15, 0.2) is 5.78 Å². The Kier molecular flexibility index (Phi) is 3.47. The molecule has 18 heavy (non-hydrogen) atoms. The van der Waals surface area contributed by atoms with Gasteiger partial charge in [-0.25, -0.2) is 0 Å². The second-order valence-electron chi connectivity index (χ2n) is 4.43. The molecule has 0 atom stereocenters. The van der Waals surface area contributed by atoms with E-state index in [2.05, 4.69) is 28.7 Å². The molecule has 0 aliphatic heterocycles. The van der Waals surface area contributed by atoms with E-state index < -0.39 is 0 Å². The molecule has 4 heteroatoms. The summed E-state index contributed by atoms with van der Waals surface area (Å²) in [6.07, 6.45) is 2.10. The normalized spacial score (nSPS) is 14.8. The van der Waals surface area contributed by atoms with Gasteiger partial charge >= 0.3 is 0 Å². The largest absolute Gasteiger partial charge is 0.293 e. The molecule has 0 amide bonds. The molecule has 0 bridgehead atoms. The zero-order valence-corrected chi connectivity index (χ0v) is 13.2. The molecule has 1 aliphatic rings. The number of Topliss-reactive ketones (excluding diaryl/α,β-unsaturated/α-hetero) is 1. The van der Waals surface area contributed by atoms with Gasteiger partial charge in [0.05, 0.1) is 4.88 Å². The maximum atomic E-state index is 12.0. The monoisotopic (exact) mass is 388 g/mol. The fourth-order valence-electron chi connectivity index (χ4n) is 1.85. The van der Waals surface area contributed by atoms with Crippen molar-refractivity contribution in [3.05, 3.63) is 43.8 Å². The van der Waals surface area contributed by atoms with Crippen LogP contribution in [0.25, 0.3) is 10.4 Å². The van der Waals surface area contributed by atoms with Gasteiger partial charge in [-0.2, -0.15) is 0 Å². The van der Waals surface area contributed by atoms with Gasteiger partial charge in [0, 0.05) is 25.0 Å². The molecule has 2 aromatic rings. The van der Waals surface area contributed by atoms with Crippen LogP contribution in [0.2, 0.25) is 5.02 Å². The minimum Gasteiger partial charge on any atom is -0.293 e. The van der Waals surface area contributed by atoms with Gasteiger partial charge in [0.1, 0.15) is 0 Å². The average molecular weight is 389 g/mol. The van der Waals surface area contributed by atoms with E-state index in [1.807, 2.05) is 24.3 Å². The summed E-state index contributed by atoms with van der Waals surface area (Å²) in [4.78, 5) is 13.9. The molecule has 0 N–H and O–H groups in total. The molecule has 0 saturated heterocycles. The van der Waals surface area contributed by atoms with Gasteiger partial charge < -0.3 is 0 Å². The van der Waals surface area contributed by atoms with Crippen LogP contribution in [0.3, 0.4) is 0 Å². The molecule has 0 radical (unpaired) electrons. The number of benzene rings is 1. The summed E-state index contributed by atoms with van der Waals surface area (Å²) in [5.41, 5.74) is 1.02. The zero-order valence-electron chi connectivity index (χ0n) is 9.45. The second-order valence-corrected chi connectivity index (χ2v) is 7.16. The lowest BCUT2D eigenvalue weighted by molar-refractivity contribution is 0.0971. The van der Waals surface area contributed by atoms with Crippen molar-refractivity contribution in [3.8, 4) is 10.4 Å². The number of carbonyl (C=O) groups excluding carboxylic acids is 1. The number of rotatable bonds is 3. The Hall–Kier alpha value is -0.390. The van der Waals surface area contributed by atoms with Gasteiger partial charge in [-0.15, -0.1) is 11.3 Å². The van der Waals surface area contributed by atoms with E-state index in [-0.39, 0.29) is 5.92 Å². The smallest absolute Gasteiger partial charge is 0.175 e. The zero-order chi connectivity index (χ0) is 12.7.